The molecule has 1 heterocycles. The number of hydrogen-bond donors (Lipinski definition) is 1. The molecule has 7 nitrogen and oxygen atoms in total. The molecule has 0 amide bonds. The highest BCUT2D eigenvalue weighted by Gasteiger charge is 2.19. The van der Waals surface area contributed by atoms with Crippen LogP contribution in [-0.4, -0.2) is 32.6 Å². The maximum atomic E-state index is 12.8. The van der Waals surface area contributed by atoms with Crippen LogP contribution in [0, 0.1) is 0 Å². The Kier molecular flexibility index (Phi) is 5.31. The lowest BCUT2D eigenvalue weighted by atomic mass is 10.3. The third kappa shape index (κ3) is 4.52. The van der Waals surface area contributed by atoms with Crippen LogP contribution in [0.1, 0.15) is 0 Å². The smallest absolute Gasteiger partial charge is 0.261 e. The molecule has 0 saturated carbocycles. The third-order valence-electron chi connectivity index (χ3n) is 3.65. The minimum absolute atomic E-state index is 0.0546. The van der Waals surface area contributed by atoms with E-state index < -0.39 is 19.9 Å². The number of sulfonamides is 1. The van der Waals surface area contributed by atoms with Crippen LogP contribution in [0.5, 0.6) is 0 Å². The van der Waals surface area contributed by atoms with Crippen LogP contribution in [0.4, 0.5) is 5.69 Å². The fourth-order valence-corrected chi connectivity index (χ4v) is 5.09. The molecule has 142 valence electrons. The number of nitrogens with one attached hydrogen (secondary N) is 1. The summed E-state index contributed by atoms with van der Waals surface area (Å²) < 4.78 is 53.3. The van der Waals surface area contributed by atoms with Crippen molar-refractivity contribution in [1.29, 1.82) is 0 Å². The van der Waals surface area contributed by atoms with Crippen molar-refractivity contribution >= 4 is 37.3 Å². The number of para-hydroxylation sites is 1. The largest absolute Gasteiger partial charge is 0.329 e. The SMILES string of the molecule is Cn1ccnc1Sc1ccccc1NS(=O)(=O)c1cccc(S(C)(=O)=O)c1. The van der Waals surface area contributed by atoms with E-state index in [0.717, 1.165) is 12.3 Å². The van der Waals surface area contributed by atoms with E-state index in [0.29, 0.717) is 15.7 Å². The quantitative estimate of drug-likeness (QED) is 0.655. The van der Waals surface area contributed by atoms with Crippen molar-refractivity contribution in [2.24, 2.45) is 7.05 Å². The van der Waals surface area contributed by atoms with Crippen LogP contribution >= 0.6 is 11.8 Å². The third-order valence-corrected chi connectivity index (χ3v) is 7.28. The van der Waals surface area contributed by atoms with Crippen LogP contribution in [0.2, 0.25) is 0 Å². The number of nitrogens with zero attached hydrogens (tertiary/aromatic N) is 2. The first-order valence-corrected chi connectivity index (χ1v) is 11.9. The Balaban J connectivity index is 1.94. The first-order valence-electron chi connectivity index (χ1n) is 7.74. The molecule has 3 aromatic rings. The maximum absolute atomic E-state index is 12.8. The molecular formula is C17H17N3O4S3. The molecule has 1 N–H and O–H groups in total. The van der Waals surface area contributed by atoms with Crippen LogP contribution in [0.15, 0.2) is 80.8 Å². The van der Waals surface area contributed by atoms with E-state index in [1.165, 1.54) is 30.0 Å². The zero-order valence-electron chi connectivity index (χ0n) is 14.5. The number of anilines is 1. The Morgan fingerprint density at radius 1 is 1.00 bits per heavy atom. The monoisotopic (exact) mass is 423 g/mol. The number of rotatable bonds is 6. The summed E-state index contributed by atoms with van der Waals surface area (Å²) in [6, 6.07) is 12.2. The van der Waals surface area contributed by atoms with Crippen molar-refractivity contribution in [3.8, 4) is 0 Å². The topological polar surface area (TPSA) is 98.1 Å². The number of sulfone groups is 1. The van der Waals surface area contributed by atoms with Gasteiger partial charge in [0, 0.05) is 30.6 Å². The standard InChI is InChI=1S/C17H17N3O4S3/c1-20-11-10-18-17(20)25-16-9-4-3-8-15(16)19-27(23,24)14-7-5-6-13(12-14)26(2,21)22/h3-12,19H,1-2H3. The van der Waals surface area contributed by atoms with Crippen LogP contribution in [0.3, 0.4) is 0 Å². The van der Waals surface area contributed by atoms with Gasteiger partial charge in [0.15, 0.2) is 15.0 Å². The van der Waals surface area contributed by atoms with Crippen LogP contribution < -0.4 is 4.72 Å². The number of aromatic nitrogens is 2. The van der Waals surface area contributed by atoms with Gasteiger partial charge in [0.25, 0.3) is 10.0 Å². The highest BCUT2D eigenvalue weighted by Crippen LogP contribution is 2.33. The molecule has 0 fully saturated rings. The molecule has 0 aliphatic heterocycles. The van der Waals surface area contributed by atoms with Crippen LogP contribution in [0.25, 0.3) is 0 Å². The molecule has 0 aliphatic carbocycles. The first-order chi connectivity index (χ1) is 12.7. The lowest BCUT2D eigenvalue weighted by molar-refractivity contribution is 0.599. The van der Waals surface area contributed by atoms with Gasteiger partial charge in [0.05, 0.1) is 15.5 Å². The molecule has 3 rings (SSSR count). The van der Waals surface area contributed by atoms with Crippen molar-refractivity contribution in [2.75, 3.05) is 11.0 Å². The second-order valence-electron chi connectivity index (χ2n) is 5.77. The molecule has 1 aromatic heterocycles. The van der Waals surface area contributed by atoms with E-state index in [4.69, 9.17) is 0 Å². The molecule has 0 aliphatic rings. The normalized spacial score (nSPS) is 12.1. The molecule has 0 unspecified atom stereocenters. The zero-order valence-corrected chi connectivity index (χ0v) is 17.0. The molecule has 10 heteroatoms. The zero-order chi connectivity index (χ0) is 19.7. The van der Waals surface area contributed by atoms with Crippen LogP contribution in [-0.2, 0) is 26.9 Å². The van der Waals surface area contributed by atoms with Gasteiger partial charge in [0.1, 0.15) is 0 Å². The predicted molar refractivity (Wildman–Crippen MR) is 104 cm³/mol. The molecule has 0 spiro atoms. The summed E-state index contributed by atoms with van der Waals surface area (Å²) in [6.45, 7) is 0. The Labute approximate surface area is 162 Å². The Bertz CT molecular complexity index is 1190. The van der Waals surface area contributed by atoms with Gasteiger partial charge in [-0.2, -0.15) is 0 Å². The van der Waals surface area contributed by atoms with Gasteiger partial charge in [-0.3, -0.25) is 4.72 Å². The van der Waals surface area contributed by atoms with E-state index >= 15 is 0 Å². The summed E-state index contributed by atoms with van der Waals surface area (Å²) in [7, 11) is -5.63. The Hall–Kier alpha value is -2.30. The molecular weight excluding hydrogens is 406 g/mol. The summed E-state index contributed by atoms with van der Waals surface area (Å²) >= 11 is 1.32. The van der Waals surface area contributed by atoms with E-state index in [-0.39, 0.29) is 9.79 Å². The lowest BCUT2D eigenvalue weighted by Gasteiger charge is -2.12. The molecule has 27 heavy (non-hydrogen) atoms. The Morgan fingerprint density at radius 3 is 2.37 bits per heavy atom. The summed E-state index contributed by atoms with van der Waals surface area (Å²) in [6.07, 6.45) is 4.49. The van der Waals surface area contributed by atoms with Gasteiger partial charge < -0.3 is 4.57 Å². The van der Waals surface area contributed by atoms with Crippen molar-refractivity contribution in [1.82, 2.24) is 9.55 Å². The average Bonchev–Trinajstić information content (AvgIpc) is 3.01. The number of benzene rings is 2. The van der Waals surface area contributed by atoms with Gasteiger partial charge in [-0.05, 0) is 42.1 Å². The first kappa shape index (κ1) is 19.5. The van der Waals surface area contributed by atoms with Crippen molar-refractivity contribution in [2.45, 2.75) is 19.8 Å². The van der Waals surface area contributed by atoms with E-state index in [1.54, 1.807) is 36.7 Å². The maximum Gasteiger partial charge on any atom is 0.261 e. The minimum atomic E-state index is -3.96. The van der Waals surface area contributed by atoms with E-state index in [1.807, 2.05) is 11.6 Å². The summed E-state index contributed by atoms with van der Waals surface area (Å²) in [5, 5.41) is 0.709. The molecule has 0 radical (unpaired) electrons. The molecule has 0 bridgehead atoms. The van der Waals surface area contributed by atoms with E-state index in [2.05, 4.69) is 9.71 Å². The van der Waals surface area contributed by atoms with Gasteiger partial charge >= 0.3 is 0 Å². The highest BCUT2D eigenvalue weighted by atomic mass is 32.2. The van der Waals surface area contributed by atoms with Crippen molar-refractivity contribution in [3.63, 3.8) is 0 Å². The Morgan fingerprint density at radius 2 is 1.70 bits per heavy atom. The van der Waals surface area contributed by atoms with Gasteiger partial charge in [-0.15, -0.1) is 0 Å². The lowest BCUT2D eigenvalue weighted by Crippen LogP contribution is -2.14. The second kappa shape index (κ2) is 7.37. The molecule has 0 atom stereocenters. The number of hydrogen-bond acceptors (Lipinski definition) is 6. The highest BCUT2D eigenvalue weighted by molar-refractivity contribution is 7.99. The number of imidazole rings is 1. The fraction of sp³-hybridized carbons (Fsp3) is 0.118. The van der Waals surface area contributed by atoms with Crippen molar-refractivity contribution in [3.05, 3.63) is 60.9 Å². The number of aryl methyl sites for hydroxylation is 1. The molecule has 0 saturated heterocycles. The van der Waals surface area contributed by atoms with Crippen molar-refractivity contribution < 1.29 is 16.8 Å². The van der Waals surface area contributed by atoms with E-state index in [9.17, 15) is 16.8 Å². The van der Waals surface area contributed by atoms with Gasteiger partial charge in [-0.25, -0.2) is 21.8 Å². The summed E-state index contributed by atoms with van der Waals surface area (Å²) in [5.74, 6) is 0. The second-order valence-corrected chi connectivity index (χ2v) is 10.5. The average molecular weight is 424 g/mol. The summed E-state index contributed by atoms with van der Waals surface area (Å²) in [5.41, 5.74) is 0.384. The van der Waals surface area contributed by atoms with Gasteiger partial charge in [-0.1, -0.05) is 18.2 Å². The predicted octanol–water partition coefficient (Wildman–Crippen LogP) is 2.78. The molecule has 2 aromatic carbocycles. The fourth-order valence-electron chi connectivity index (χ4n) is 2.26. The minimum Gasteiger partial charge on any atom is -0.329 e. The van der Waals surface area contributed by atoms with Gasteiger partial charge in [0.2, 0.25) is 0 Å². The summed E-state index contributed by atoms with van der Waals surface area (Å²) in [4.78, 5) is 4.73.